The lowest BCUT2D eigenvalue weighted by molar-refractivity contribution is 0.545. The molecule has 1 aliphatic heterocycles. The maximum Gasteiger partial charge on any atom is 0.127 e. The number of rotatable bonds is 1. The molecule has 1 atom stereocenters. The quantitative estimate of drug-likeness (QED) is 0.702. The molecular formula is C12H15ClFNS. The van der Waals surface area contributed by atoms with Gasteiger partial charge in [-0.3, -0.25) is 4.99 Å². The maximum atomic E-state index is 13.7. The molecule has 2 rings (SSSR count). The molecule has 1 aromatic heterocycles. The van der Waals surface area contributed by atoms with Crippen LogP contribution in [0.3, 0.4) is 0 Å². The number of nitrogens with zero attached hydrogens (tertiary/aromatic N) is 1. The van der Waals surface area contributed by atoms with Gasteiger partial charge in [0.1, 0.15) is 5.83 Å². The van der Waals surface area contributed by atoms with E-state index in [9.17, 15) is 4.39 Å². The van der Waals surface area contributed by atoms with Crippen LogP contribution in [0.4, 0.5) is 4.39 Å². The zero-order valence-electron chi connectivity index (χ0n) is 9.58. The molecule has 0 aliphatic carbocycles. The molecule has 0 saturated carbocycles. The molecule has 2 heterocycles. The molecule has 0 amide bonds. The number of halogens is 2. The Morgan fingerprint density at radius 1 is 1.38 bits per heavy atom. The van der Waals surface area contributed by atoms with E-state index >= 15 is 0 Å². The summed E-state index contributed by atoms with van der Waals surface area (Å²) in [5.41, 5.74) is 3.48. The van der Waals surface area contributed by atoms with Crippen LogP contribution in [0.25, 0.3) is 0 Å². The molecule has 0 radical (unpaired) electrons. The number of hydrogen-bond acceptors (Lipinski definition) is 2. The fraction of sp³-hybridized carbons (Fsp3) is 0.417. The fourth-order valence-electron chi connectivity index (χ4n) is 1.79. The normalized spacial score (nSPS) is 19.9. The van der Waals surface area contributed by atoms with Gasteiger partial charge < -0.3 is 0 Å². The molecule has 1 aromatic rings. The molecule has 88 valence electrons. The third kappa shape index (κ3) is 2.36. The predicted molar refractivity (Wildman–Crippen MR) is 70.7 cm³/mol. The van der Waals surface area contributed by atoms with Crippen molar-refractivity contribution in [3.63, 3.8) is 0 Å². The molecular weight excluding hydrogens is 245 g/mol. The van der Waals surface area contributed by atoms with Crippen LogP contribution < -0.4 is 0 Å². The van der Waals surface area contributed by atoms with Crippen molar-refractivity contribution in [2.45, 2.75) is 33.1 Å². The first-order valence-corrected chi connectivity index (χ1v) is 5.91. The SMILES string of the molecule is CC1=NC=C(F)C(c2scc(C)c2C)C1.Cl. The lowest BCUT2D eigenvalue weighted by Crippen LogP contribution is -2.08. The van der Waals surface area contributed by atoms with Gasteiger partial charge in [-0.05, 0) is 43.7 Å². The third-order valence-corrected chi connectivity index (χ3v) is 4.20. The number of aryl methyl sites for hydroxylation is 1. The van der Waals surface area contributed by atoms with Crippen LogP contribution in [0.2, 0.25) is 0 Å². The lowest BCUT2D eigenvalue weighted by atomic mass is 9.94. The van der Waals surface area contributed by atoms with Crippen molar-refractivity contribution in [2.75, 3.05) is 0 Å². The Bertz CT molecular complexity index is 448. The minimum Gasteiger partial charge on any atom is -0.263 e. The van der Waals surface area contributed by atoms with E-state index in [1.165, 1.54) is 17.3 Å². The summed E-state index contributed by atoms with van der Waals surface area (Å²) in [6.45, 7) is 6.09. The first kappa shape index (κ1) is 13.4. The molecule has 0 saturated heterocycles. The van der Waals surface area contributed by atoms with Gasteiger partial charge in [0, 0.05) is 10.6 Å². The Morgan fingerprint density at radius 2 is 2.06 bits per heavy atom. The fourth-order valence-corrected chi connectivity index (χ4v) is 2.97. The van der Waals surface area contributed by atoms with Crippen LogP contribution in [0.5, 0.6) is 0 Å². The van der Waals surface area contributed by atoms with Gasteiger partial charge in [-0.1, -0.05) is 0 Å². The van der Waals surface area contributed by atoms with Crippen molar-refractivity contribution in [2.24, 2.45) is 4.99 Å². The van der Waals surface area contributed by atoms with Gasteiger partial charge in [-0.2, -0.15) is 0 Å². The van der Waals surface area contributed by atoms with E-state index < -0.39 is 0 Å². The summed E-state index contributed by atoms with van der Waals surface area (Å²) in [7, 11) is 0. The maximum absolute atomic E-state index is 13.7. The van der Waals surface area contributed by atoms with E-state index in [2.05, 4.69) is 24.2 Å². The van der Waals surface area contributed by atoms with E-state index in [1.807, 2.05) is 6.92 Å². The van der Waals surface area contributed by atoms with Gasteiger partial charge in [-0.15, -0.1) is 23.7 Å². The van der Waals surface area contributed by atoms with Crippen molar-refractivity contribution >= 4 is 29.5 Å². The van der Waals surface area contributed by atoms with Crippen LogP contribution in [0, 0.1) is 13.8 Å². The van der Waals surface area contributed by atoms with Crippen molar-refractivity contribution in [3.05, 3.63) is 33.4 Å². The molecule has 0 aromatic carbocycles. The van der Waals surface area contributed by atoms with Crippen molar-refractivity contribution < 1.29 is 4.39 Å². The van der Waals surface area contributed by atoms with Gasteiger partial charge in [0.15, 0.2) is 0 Å². The summed E-state index contributed by atoms with van der Waals surface area (Å²) < 4.78 is 13.7. The minimum atomic E-state index is -0.106. The van der Waals surface area contributed by atoms with E-state index in [1.54, 1.807) is 11.3 Å². The number of hydrogen-bond donors (Lipinski definition) is 0. The predicted octanol–water partition coefficient (Wildman–Crippen LogP) is 4.55. The first-order valence-electron chi connectivity index (χ1n) is 5.03. The average molecular weight is 260 g/mol. The Labute approximate surface area is 106 Å². The molecule has 0 spiro atoms. The second kappa shape index (κ2) is 5.11. The molecule has 16 heavy (non-hydrogen) atoms. The second-order valence-electron chi connectivity index (χ2n) is 4.04. The smallest absolute Gasteiger partial charge is 0.127 e. The summed E-state index contributed by atoms with van der Waals surface area (Å²) >= 11 is 1.65. The van der Waals surface area contributed by atoms with Gasteiger partial charge in [0.25, 0.3) is 0 Å². The highest BCUT2D eigenvalue weighted by atomic mass is 35.5. The highest BCUT2D eigenvalue weighted by molar-refractivity contribution is 7.10. The van der Waals surface area contributed by atoms with Crippen LogP contribution >= 0.6 is 23.7 Å². The minimum absolute atomic E-state index is 0. The third-order valence-electron chi connectivity index (χ3n) is 2.88. The van der Waals surface area contributed by atoms with Crippen molar-refractivity contribution in [3.8, 4) is 0 Å². The summed E-state index contributed by atoms with van der Waals surface area (Å²) in [5, 5.41) is 2.10. The van der Waals surface area contributed by atoms with Crippen LogP contribution in [0.15, 0.2) is 22.4 Å². The summed E-state index contributed by atoms with van der Waals surface area (Å²) in [6, 6.07) is 0. The largest absolute Gasteiger partial charge is 0.263 e. The monoisotopic (exact) mass is 259 g/mol. The summed E-state index contributed by atoms with van der Waals surface area (Å²) in [4.78, 5) is 5.16. The van der Waals surface area contributed by atoms with E-state index in [4.69, 9.17) is 0 Å². The molecule has 0 bridgehead atoms. The van der Waals surface area contributed by atoms with Gasteiger partial charge >= 0.3 is 0 Å². The summed E-state index contributed by atoms with van der Waals surface area (Å²) in [5.74, 6) is -0.202. The molecule has 0 fully saturated rings. The van der Waals surface area contributed by atoms with Crippen LogP contribution in [-0.4, -0.2) is 5.71 Å². The second-order valence-corrected chi connectivity index (χ2v) is 4.95. The molecule has 1 nitrogen and oxygen atoms in total. The van der Waals surface area contributed by atoms with Gasteiger partial charge in [0.2, 0.25) is 0 Å². The van der Waals surface area contributed by atoms with Crippen LogP contribution in [-0.2, 0) is 0 Å². The van der Waals surface area contributed by atoms with Crippen LogP contribution in [0.1, 0.15) is 35.3 Å². The van der Waals surface area contributed by atoms with E-state index in [0.717, 1.165) is 10.6 Å². The molecule has 1 unspecified atom stereocenters. The van der Waals surface area contributed by atoms with Crippen molar-refractivity contribution in [1.29, 1.82) is 0 Å². The van der Waals surface area contributed by atoms with Crippen molar-refractivity contribution in [1.82, 2.24) is 0 Å². The molecule has 4 heteroatoms. The highest BCUT2D eigenvalue weighted by Gasteiger charge is 2.24. The zero-order chi connectivity index (χ0) is 11.0. The topological polar surface area (TPSA) is 12.4 Å². The van der Waals surface area contributed by atoms with E-state index in [0.29, 0.717) is 6.42 Å². The number of allylic oxidation sites excluding steroid dienone is 1. The zero-order valence-corrected chi connectivity index (χ0v) is 11.2. The molecule has 0 N–H and O–H groups in total. The summed E-state index contributed by atoms with van der Waals surface area (Å²) in [6.07, 6.45) is 2.07. The van der Waals surface area contributed by atoms with Gasteiger partial charge in [-0.25, -0.2) is 4.39 Å². The average Bonchev–Trinajstić information content (AvgIpc) is 2.52. The van der Waals surface area contributed by atoms with E-state index in [-0.39, 0.29) is 24.2 Å². The first-order chi connectivity index (χ1) is 7.09. The van der Waals surface area contributed by atoms with Gasteiger partial charge in [0.05, 0.1) is 12.1 Å². The Hall–Kier alpha value is -0.670. The lowest BCUT2D eigenvalue weighted by Gasteiger charge is -2.17. The Kier molecular flexibility index (Phi) is 4.28. The standard InChI is InChI=1S/C12H14FNS.ClH/c1-7-6-15-12(9(7)3)10-4-8(2)14-5-11(10)13;/h5-6,10H,4H2,1-3H3;1H. The molecule has 1 aliphatic rings. The number of aliphatic imine (C=N–C) groups is 1. The highest BCUT2D eigenvalue weighted by Crippen LogP contribution is 2.38. The Morgan fingerprint density at radius 3 is 2.62 bits per heavy atom. The Balaban J connectivity index is 0.00000128. The number of thiophene rings is 1.